The van der Waals surface area contributed by atoms with Gasteiger partial charge in [-0.05, 0) is 38.0 Å². The summed E-state index contributed by atoms with van der Waals surface area (Å²) in [5, 5.41) is 7.50. The number of rotatable bonds is 8. The third-order valence-electron chi connectivity index (χ3n) is 3.81. The highest BCUT2D eigenvalue weighted by Crippen LogP contribution is 2.28. The van der Waals surface area contributed by atoms with Crippen molar-refractivity contribution in [3.8, 4) is 11.5 Å². The van der Waals surface area contributed by atoms with Crippen molar-refractivity contribution < 1.29 is 9.47 Å². The SMILES string of the molecule is CCOc1cc(CNc2cnn(CC)c(=O)c2CC)ccc1OC. The molecule has 0 aliphatic heterocycles. The zero-order valence-electron chi connectivity index (χ0n) is 14.8. The number of methoxy groups -OCH3 is 1. The van der Waals surface area contributed by atoms with Crippen molar-refractivity contribution in [3.63, 3.8) is 0 Å². The molecule has 0 bridgehead atoms. The van der Waals surface area contributed by atoms with Gasteiger partial charge in [-0.15, -0.1) is 0 Å². The number of aromatic nitrogens is 2. The van der Waals surface area contributed by atoms with Crippen molar-refractivity contribution in [1.29, 1.82) is 0 Å². The quantitative estimate of drug-likeness (QED) is 0.806. The van der Waals surface area contributed by atoms with E-state index in [4.69, 9.17) is 9.47 Å². The van der Waals surface area contributed by atoms with E-state index in [0.717, 1.165) is 22.6 Å². The van der Waals surface area contributed by atoms with E-state index in [1.165, 1.54) is 4.68 Å². The van der Waals surface area contributed by atoms with Crippen molar-refractivity contribution in [2.24, 2.45) is 0 Å². The summed E-state index contributed by atoms with van der Waals surface area (Å²) in [6.07, 6.45) is 2.38. The molecule has 2 aromatic rings. The monoisotopic (exact) mass is 331 g/mol. The van der Waals surface area contributed by atoms with E-state index in [9.17, 15) is 4.79 Å². The maximum Gasteiger partial charge on any atom is 0.271 e. The molecule has 6 heteroatoms. The summed E-state index contributed by atoms with van der Waals surface area (Å²) in [4.78, 5) is 12.3. The molecule has 0 fully saturated rings. The Morgan fingerprint density at radius 1 is 1.21 bits per heavy atom. The highest BCUT2D eigenvalue weighted by atomic mass is 16.5. The van der Waals surface area contributed by atoms with Gasteiger partial charge in [0.2, 0.25) is 0 Å². The predicted octanol–water partition coefficient (Wildman–Crippen LogP) is 2.85. The van der Waals surface area contributed by atoms with Gasteiger partial charge in [-0.3, -0.25) is 4.79 Å². The smallest absolute Gasteiger partial charge is 0.271 e. The van der Waals surface area contributed by atoms with Crippen molar-refractivity contribution in [2.45, 2.75) is 40.3 Å². The fourth-order valence-corrected chi connectivity index (χ4v) is 2.54. The third-order valence-corrected chi connectivity index (χ3v) is 3.81. The van der Waals surface area contributed by atoms with E-state index in [1.807, 2.05) is 39.0 Å². The Bertz CT molecular complexity index is 741. The van der Waals surface area contributed by atoms with E-state index in [2.05, 4.69) is 10.4 Å². The molecule has 1 heterocycles. The fraction of sp³-hybridized carbons (Fsp3) is 0.444. The summed E-state index contributed by atoms with van der Waals surface area (Å²) in [6, 6.07) is 5.80. The van der Waals surface area contributed by atoms with Gasteiger partial charge in [0.15, 0.2) is 11.5 Å². The zero-order chi connectivity index (χ0) is 17.5. The van der Waals surface area contributed by atoms with Crippen LogP contribution in [0.25, 0.3) is 0 Å². The van der Waals surface area contributed by atoms with Crippen LogP contribution in [0.1, 0.15) is 31.9 Å². The van der Waals surface area contributed by atoms with Crippen molar-refractivity contribution in [1.82, 2.24) is 9.78 Å². The van der Waals surface area contributed by atoms with E-state index in [-0.39, 0.29) is 5.56 Å². The molecule has 0 atom stereocenters. The summed E-state index contributed by atoms with van der Waals surface area (Å²) in [6.45, 7) is 7.55. The van der Waals surface area contributed by atoms with Crippen molar-refractivity contribution in [2.75, 3.05) is 19.0 Å². The van der Waals surface area contributed by atoms with Crippen molar-refractivity contribution >= 4 is 5.69 Å². The molecule has 130 valence electrons. The number of nitrogens with one attached hydrogen (secondary N) is 1. The molecule has 1 aromatic carbocycles. The molecule has 24 heavy (non-hydrogen) atoms. The predicted molar refractivity (Wildman–Crippen MR) is 95.0 cm³/mol. The van der Waals surface area contributed by atoms with Gasteiger partial charge in [-0.25, -0.2) is 4.68 Å². The van der Waals surface area contributed by atoms with Crippen LogP contribution in [0.4, 0.5) is 5.69 Å². The van der Waals surface area contributed by atoms with E-state index >= 15 is 0 Å². The molecule has 0 radical (unpaired) electrons. The average Bonchev–Trinajstić information content (AvgIpc) is 2.60. The van der Waals surface area contributed by atoms with Crippen LogP contribution in [0, 0.1) is 0 Å². The molecule has 2 rings (SSSR count). The van der Waals surface area contributed by atoms with Gasteiger partial charge in [0, 0.05) is 18.7 Å². The van der Waals surface area contributed by atoms with E-state index < -0.39 is 0 Å². The Kier molecular flexibility index (Phi) is 6.23. The number of hydrogen-bond donors (Lipinski definition) is 1. The molecule has 0 unspecified atom stereocenters. The van der Waals surface area contributed by atoms with Crippen LogP contribution in [0.2, 0.25) is 0 Å². The molecular formula is C18H25N3O3. The van der Waals surface area contributed by atoms with Crippen LogP contribution in [0.3, 0.4) is 0 Å². The average molecular weight is 331 g/mol. The van der Waals surface area contributed by atoms with Crippen molar-refractivity contribution in [3.05, 3.63) is 45.9 Å². The maximum atomic E-state index is 12.3. The highest BCUT2D eigenvalue weighted by molar-refractivity contribution is 5.49. The largest absolute Gasteiger partial charge is 0.493 e. The summed E-state index contributed by atoms with van der Waals surface area (Å²) in [5.74, 6) is 1.43. The van der Waals surface area contributed by atoms with Gasteiger partial charge >= 0.3 is 0 Å². The Hall–Kier alpha value is -2.50. The zero-order valence-corrected chi connectivity index (χ0v) is 14.8. The third kappa shape index (κ3) is 3.88. The Morgan fingerprint density at radius 2 is 2.00 bits per heavy atom. The standard InChI is InChI=1S/C18H25N3O3/c1-5-14-15(12-20-21(6-2)18(14)22)19-11-13-8-9-16(23-4)17(10-13)24-7-3/h8-10,12,19H,5-7,11H2,1-4H3. The molecule has 0 spiro atoms. The topological polar surface area (TPSA) is 65.4 Å². The summed E-state index contributed by atoms with van der Waals surface area (Å²) >= 11 is 0. The molecular weight excluding hydrogens is 306 g/mol. The molecule has 0 aliphatic rings. The van der Waals surface area contributed by atoms with Gasteiger partial charge in [-0.1, -0.05) is 13.0 Å². The highest BCUT2D eigenvalue weighted by Gasteiger charge is 2.10. The first kappa shape index (κ1) is 17.8. The molecule has 1 aromatic heterocycles. The first-order chi connectivity index (χ1) is 11.6. The number of ether oxygens (including phenoxy) is 2. The lowest BCUT2D eigenvalue weighted by atomic mass is 10.1. The molecule has 0 saturated carbocycles. The van der Waals surface area contributed by atoms with Crippen LogP contribution in [0.5, 0.6) is 11.5 Å². The second kappa shape index (κ2) is 8.38. The fourth-order valence-electron chi connectivity index (χ4n) is 2.54. The van der Waals surface area contributed by atoms with Crippen LogP contribution < -0.4 is 20.3 Å². The summed E-state index contributed by atoms with van der Waals surface area (Å²) in [5.41, 5.74) is 2.54. The second-order valence-electron chi connectivity index (χ2n) is 5.28. The minimum absolute atomic E-state index is 0.0327. The Morgan fingerprint density at radius 3 is 2.62 bits per heavy atom. The molecule has 6 nitrogen and oxygen atoms in total. The van der Waals surface area contributed by atoms with Gasteiger partial charge in [0.1, 0.15) is 0 Å². The van der Waals surface area contributed by atoms with Gasteiger partial charge < -0.3 is 14.8 Å². The van der Waals surface area contributed by atoms with E-state index in [1.54, 1.807) is 13.3 Å². The van der Waals surface area contributed by atoms with Gasteiger partial charge in [0.05, 0.1) is 25.6 Å². The van der Waals surface area contributed by atoms with Crippen LogP contribution in [0.15, 0.2) is 29.2 Å². The molecule has 0 aliphatic carbocycles. The number of aryl methyl sites for hydroxylation is 1. The van der Waals surface area contributed by atoms with Gasteiger partial charge in [-0.2, -0.15) is 5.10 Å². The van der Waals surface area contributed by atoms with E-state index in [0.29, 0.717) is 31.9 Å². The lowest BCUT2D eigenvalue weighted by molar-refractivity contribution is 0.310. The number of nitrogens with zero attached hydrogens (tertiary/aromatic N) is 2. The normalized spacial score (nSPS) is 10.5. The second-order valence-corrected chi connectivity index (χ2v) is 5.28. The Balaban J connectivity index is 2.20. The van der Waals surface area contributed by atoms with Crippen LogP contribution >= 0.6 is 0 Å². The number of anilines is 1. The minimum atomic E-state index is -0.0327. The lowest BCUT2D eigenvalue weighted by Gasteiger charge is -2.14. The van der Waals surface area contributed by atoms with Crippen LogP contribution in [-0.4, -0.2) is 23.5 Å². The minimum Gasteiger partial charge on any atom is -0.493 e. The first-order valence-corrected chi connectivity index (χ1v) is 8.27. The first-order valence-electron chi connectivity index (χ1n) is 8.27. The number of hydrogen-bond acceptors (Lipinski definition) is 5. The molecule has 0 amide bonds. The lowest BCUT2D eigenvalue weighted by Crippen LogP contribution is -2.26. The van der Waals surface area contributed by atoms with Crippen LogP contribution in [-0.2, 0) is 19.5 Å². The summed E-state index contributed by atoms with van der Waals surface area (Å²) < 4.78 is 12.4. The molecule has 1 N–H and O–H groups in total. The number of benzene rings is 1. The molecule has 0 saturated heterocycles. The summed E-state index contributed by atoms with van der Waals surface area (Å²) in [7, 11) is 1.62. The Labute approximate surface area is 142 Å². The maximum absolute atomic E-state index is 12.3. The van der Waals surface area contributed by atoms with Gasteiger partial charge in [0.25, 0.3) is 5.56 Å².